The summed E-state index contributed by atoms with van der Waals surface area (Å²) in [6.07, 6.45) is 7.80. The van der Waals surface area contributed by atoms with E-state index in [4.69, 9.17) is 10.5 Å². The van der Waals surface area contributed by atoms with E-state index < -0.39 is 0 Å². The number of rotatable bonds is 8. The number of anilines is 2. The normalized spacial score (nSPS) is 16.5. The molecule has 26 heavy (non-hydrogen) atoms. The number of hydrogen-bond acceptors (Lipinski definition) is 4. The van der Waals surface area contributed by atoms with Crippen LogP contribution >= 0.6 is 0 Å². The second kappa shape index (κ2) is 9.84. The third kappa shape index (κ3) is 5.39. The van der Waals surface area contributed by atoms with Crippen LogP contribution in [-0.2, 0) is 9.53 Å². The quantitative estimate of drug-likeness (QED) is 0.516. The summed E-state index contributed by atoms with van der Waals surface area (Å²) in [4.78, 5) is 14.2. The van der Waals surface area contributed by atoms with E-state index in [1.807, 2.05) is 0 Å². The molecule has 1 saturated carbocycles. The number of hydrogen-bond donors (Lipinski definition) is 1. The van der Waals surface area contributed by atoms with Crippen LogP contribution in [0, 0.1) is 5.92 Å². The van der Waals surface area contributed by atoms with Gasteiger partial charge >= 0.3 is 5.97 Å². The van der Waals surface area contributed by atoms with Crippen molar-refractivity contribution in [3.05, 3.63) is 23.8 Å². The van der Waals surface area contributed by atoms with Gasteiger partial charge < -0.3 is 15.4 Å². The third-order valence-electron chi connectivity index (χ3n) is 5.54. The van der Waals surface area contributed by atoms with E-state index in [1.165, 1.54) is 39.2 Å². The summed E-state index contributed by atoms with van der Waals surface area (Å²) in [5.74, 6) is 0.592. The molecular weight excluding hydrogens is 324 g/mol. The number of ether oxygens (including phenoxy) is 1. The highest BCUT2D eigenvalue weighted by Crippen LogP contribution is 2.35. The molecule has 1 unspecified atom stereocenters. The molecule has 0 radical (unpaired) electrons. The van der Waals surface area contributed by atoms with E-state index in [-0.39, 0.29) is 11.9 Å². The van der Waals surface area contributed by atoms with E-state index in [2.05, 4.69) is 43.9 Å². The van der Waals surface area contributed by atoms with Crippen LogP contribution in [0.4, 0.5) is 11.4 Å². The largest absolute Gasteiger partial charge is 0.469 e. The Morgan fingerprint density at radius 2 is 1.96 bits per heavy atom. The highest BCUT2D eigenvalue weighted by molar-refractivity contribution is 5.72. The van der Waals surface area contributed by atoms with E-state index in [0.717, 1.165) is 29.9 Å². The Kier molecular flexibility index (Phi) is 7.80. The van der Waals surface area contributed by atoms with Gasteiger partial charge in [-0.3, -0.25) is 4.79 Å². The SMILES string of the molecule is CCC(CC(=O)OC)c1ccc(N(CC(C)C)C2CCCCC2)c(N)c1. The van der Waals surface area contributed by atoms with Gasteiger partial charge in [-0.1, -0.05) is 46.1 Å². The lowest BCUT2D eigenvalue weighted by atomic mass is 9.91. The van der Waals surface area contributed by atoms with Crippen LogP contribution in [0.25, 0.3) is 0 Å². The van der Waals surface area contributed by atoms with Crippen molar-refractivity contribution in [2.24, 2.45) is 5.92 Å². The lowest BCUT2D eigenvalue weighted by Crippen LogP contribution is -2.39. The van der Waals surface area contributed by atoms with Crippen LogP contribution in [0.3, 0.4) is 0 Å². The summed E-state index contributed by atoms with van der Waals surface area (Å²) in [7, 11) is 1.44. The van der Waals surface area contributed by atoms with Crippen molar-refractivity contribution >= 4 is 17.3 Å². The molecule has 2 rings (SSSR count). The fraction of sp³-hybridized carbons (Fsp3) is 0.682. The lowest BCUT2D eigenvalue weighted by Gasteiger charge is -2.38. The highest BCUT2D eigenvalue weighted by atomic mass is 16.5. The van der Waals surface area contributed by atoms with Gasteiger partial charge in [0.05, 0.1) is 24.9 Å². The molecule has 4 heteroatoms. The second-order valence-corrected chi connectivity index (χ2v) is 8.04. The molecule has 0 bridgehead atoms. The van der Waals surface area contributed by atoms with Crippen molar-refractivity contribution in [2.45, 2.75) is 77.7 Å². The molecule has 0 aliphatic heterocycles. The first kappa shape index (κ1) is 20.6. The van der Waals surface area contributed by atoms with Crippen LogP contribution in [-0.4, -0.2) is 25.7 Å². The van der Waals surface area contributed by atoms with Crippen molar-refractivity contribution in [1.29, 1.82) is 0 Å². The van der Waals surface area contributed by atoms with Gasteiger partial charge in [0, 0.05) is 12.6 Å². The molecule has 1 fully saturated rings. The average Bonchev–Trinajstić information content (AvgIpc) is 2.64. The summed E-state index contributed by atoms with van der Waals surface area (Å²) in [6.45, 7) is 7.67. The number of carbonyl (C=O) groups is 1. The van der Waals surface area contributed by atoms with Gasteiger partial charge in [0.2, 0.25) is 0 Å². The Hall–Kier alpha value is -1.71. The molecule has 0 heterocycles. The Labute approximate surface area is 159 Å². The predicted octanol–water partition coefficient (Wildman–Crippen LogP) is 5.12. The number of esters is 1. The maximum Gasteiger partial charge on any atom is 0.306 e. The predicted molar refractivity (Wildman–Crippen MR) is 110 cm³/mol. The summed E-state index contributed by atoms with van der Waals surface area (Å²) >= 11 is 0. The molecule has 0 spiro atoms. The van der Waals surface area contributed by atoms with Gasteiger partial charge in [-0.05, 0) is 48.8 Å². The summed E-state index contributed by atoms with van der Waals surface area (Å²) in [5.41, 5.74) is 9.62. The van der Waals surface area contributed by atoms with Crippen molar-refractivity contribution in [3.8, 4) is 0 Å². The maximum atomic E-state index is 11.7. The van der Waals surface area contributed by atoms with E-state index in [1.54, 1.807) is 0 Å². The van der Waals surface area contributed by atoms with Crippen molar-refractivity contribution in [2.75, 3.05) is 24.3 Å². The highest BCUT2D eigenvalue weighted by Gasteiger charge is 2.24. The Morgan fingerprint density at radius 3 is 2.50 bits per heavy atom. The van der Waals surface area contributed by atoms with E-state index >= 15 is 0 Å². The molecular formula is C22H36N2O2. The molecule has 146 valence electrons. The molecule has 1 aliphatic rings. The van der Waals surface area contributed by atoms with Crippen molar-refractivity contribution < 1.29 is 9.53 Å². The van der Waals surface area contributed by atoms with Gasteiger partial charge in [0.1, 0.15) is 0 Å². The smallest absolute Gasteiger partial charge is 0.306 e. The minimum atomic E-state index is -0.164. The Balaban J connectivity index is 2.25. The number of carbonyl (C=O) groups excluding carboxylic acids is 1. The van der Waals surface area contributed by atoms with Crippen molar-refractivity contribution in [1.82, 2.24) is 0 Å². The molecule has 0 saturated heterocycles. The van der Waals surface area contributed by atoms with Crippen LogP contribution in [0.15, 0.2) is 18.2 Å². The molecule has 2 N–H and O–H groups in total. The standard InChI is InChI=1S/C22H36N2O2/c1-5-17(14-22(25)26-4)18-11-12-21(20(23)13-18)24(15-16(2)3)19-9-7-6-8-10-19/h11-13,16-17,19H,5-10,14-15,23H2,1-4H3. The monoisotopic (exact) mass is 360 g/mol. The number of methoxy groups -OCH3 is 1. The maximum absolute atomic E-state index is 11.7. The Bertz CT molecular complexity index is 580. The van der Waals surface area contributed by atoms with Crippen LogP contribution in [0.1, 0.15) is 77.2 Å². The number of benzene rings is 1. The minimum Gasteiger partial charge on any atom is -0.469 e. The Morgan fingerprint density at radius 1 is 1.27 bits per heavy atom. The van der Waals surface area contributed by atoms with E-state index in [0.29, 0.717) is 18.4 Å². The van der Waals surface area contributed by atoms with Crippen LogP contribution in [0.5, 0.6) is 0 Å². The van der Waals surface area contributed by atoms with Gasteiger partial charge in [0.25, 0.3) is 0 Å². The van der Waals surface area contributed by atoms with Crippen LogP contribution in [0.2, 0.25) is 0 Å². The summed E-state index contributed by atoms with van der Waals surface area (Å²) in [6, 6.07) is 6.99. The number of nitrogens with zero attached hydrogens (tertiary/aromatic N) is 1. The summed E-state index contributed by atoms with van der Waals surface area (Å²) in [5, 5.41) is 0. The van der Waals surface area contributed by atoms with Gasteiger partial charge in [-0.25, -0.2) is 0 Å². The second-order valence-electron chi connectivity index (χ2n) is 8.04. The molecule has 4 nitrogen and oxygen atoms in total. The molecule has 1 aliphatic carbocycles. The van der Waals surface area contributed by atoms with Gasteiger partial charge in [-0.2, -0.15) is 0 Å². The zero-order valence-corrected chi connectivity index (χ0v) is 17.0. The first-order valence-corrected chi connectivity index (χ1v) is 10.2. The van der Waals surface area contributed by atoms with Gasteiger partial charge in [0.15, 0.2) is 0 Å². The summed E-state index contributed by atoms with van der Waals surface area (Å²) < 4.78 is 4.84. The molecule has 0 amide bonds. The molecule has 1 atom stereocenters. The zero-order valence-electron chi connectivity index (χ0n) is 17.0. The third-order valence-corrected chi connectivity index (χ3v) is 5.54. The van der Waals surface area contributed by atoms with Gasteiger partial charge in [-0.15, -0.1) is 0 Å². The molecule has 1 aromatic rings. The first-order valence-electron chi connectivity index (χ1n) is 10.2. The zero-order chi connectivity index (χ0) is 19.1. The van der Waals surface area contributed by atoms with Crippen LogP contribution < -0.4 is 10.6 Å². The molecule has 0 aromatic heterocycles. The fourth-order valence-electron chi connectivity index (χ4n) is 4.10. The fourth-order valence-corrected chi connectivity index (χ4v) is 4.10. The minimum absolute atomic E-state index is 0.159. The lowest BCUT2D eigenvalue weighted by molar-refractivity contribution is -0.141. The van der Waals surface area contributed by atoms with Crippen molar-refractivity contribution in [3.63, 3.8) is 0 Å². The number of nitrogen functional groups attached to an aromatic ring is 1. The molecule has 1 aromatic carbocycles. The average molecular weight is 361 g/mol. The number of nitrogens with two attached hydrogens (primary N) is 1. The van der Waals surface area contributed by atoms with E-state index in [9.17, 15) is 4.79 Å². The topological polar surface area (TPSA) is 55.6 Å². The first-order chi connectivity index (χ1) is 12.5.